The van der Waals surface area contributed by atoms with Crippen LogP contribution in [-0.2, 0) is 0 Å². The van der Waals surface area contributed by atoms with Crippen LogP contribution in [0.3, 0.4) is 0 Å². The van der Waals surface area contributed by atoms with Crippen LogP contribution in [0.4, 0.5) is 11.4 Å². The zero-order valence-electron chi connectivity index (χ0n) is 22.6. The summed E-state index contributed by atoms with van der Waals surface area (Å²) >= 11 is 0. The molecule has 0 aliphatic heterocycles. The van der Waals surface area contributed by atoms with Crippen LogP contribution in [-0.4, -0.2) is 23.1 Å². The second-order valence-electron chi connectivity index (χ2n) is 9.84. The minimum absolute atomic E-state index is 0. The van der Waals surface area contributed by atoms with E-state index in [1.165, 1.54) is 22.3 Å². The van der Waals surface area contributed by atoms with E-state index in [1.807, 2.05) is 0 Å². The predicted molar refractivity (Wildman–Crippen MR) is 145 cm³/mol. The summed E-state index contributed by atoms with van der Waals surface area (Å²) < 4.78 is 0. The average Bonchev–Trinajstić information content (AvgIpc) is 2.67. The number of benzene rings is 2. The molecule has 0 aliphatic carbocycles. The molecule has 0 spiro atoms. The first-order valence-corrected chi connectivity index (χ1v) is 11.7. The van der Waals surface area contributed by atoms with Crippen LogP contribution in [0.2, 0.25) is 0 Å². The van der Waals surface area contributed by atoms with Crippen LogP contribution in [0.1, 0.15) is 115 Å². The molecule has 34 heavy (non-hydrogen) atoms. The smallest absolute Gasteiger partial charge is 1.00 e. The summed E-state index contributed by atoms with van der Waals surface area (Å²) in [4.78, 5) is 5.08. The fourth-order valence-electron chi connectivity index (χ4n) is 4.00. The molecule has 2 rings (SSSR count). The van der Waals surface area contributed by atoms with Gasteiger partial charge in [-0.25, -0.2) is 0 Å². The van der Waals surface area contributed by atoms with Crippen molar-refractivity contribution in [3.05, 3.63) is 75.7 Å². The summed E-state index contributed by atoms with van der Waals surface area (Å²) in [5.74, 6) is 1.75. The molecule has 0 amide bonds. The summed E-state index contributed by atoms with van der Waals surface area (Å²) in [5.41, 5.74) is 9.45. The van der Waals surface area contributed by atoms with E-state index in [2.05, 4.69) is 112 Å². The molecule has 184 valence electrons. The minimum atomic E-state index is 0. The standard InChI is InChI=1S/C29H41N2.Al.ClH.HI/c1-18(2)24-13-11-14-25(19(3)4)28(24)30-22(9)17-23(10)31-29-26(20(5)6)15-12-16-27(29)21(7)8;;;/h11-21H,1-10H3;;2*1H/q-1;+3;;/p-2/b22-17-,31-23?;;;. The first-order chi connectivity index (χ1) is 14.5. The molecule has 0 heterocycles. The van der Waals surface area contributed by atoms with Gasteiger partial charge >= 0.3 is 17.4 Å². The Balaban J connectivity index is 0. The molecule has 5 heteroatoms. The van der Waals surface area contributed by atoms with Crippen molar-refractivity contribution in [2.75, 3.05) is 0 Å². The summed E-state index contributed by atoms with van der Waals surface area (Å²) in [6, 6.07) is 13.1. The number of rotatable bonds is 8. The van der Waals surface area contributed by atoms with Crippen molar-refractivity contribution in [1.29, 1.82) is 0 Å². The molecule has 0 aliphatic rings. The van der Waals surface area contributed by atoms with Gasteiger partial charge in [-0.1, -0.05) is 116 Å². The maximum atomic E-state index is 5.08. The number of para-hydroxylation sites is 2. The molecule has 2 aromatic rings. The van der Waals surface area contributed by atoms with Gasteiger partial charge in [-0.15, -0.1) is 5.69 Å². The third-order valence-corrected chi connectivity index (χ3v) is 5.68. The van der Waals surface area contributed by atoms with E-state index in [-0.39, 0.29) is 53.7 Å². The van der Waals surface area contributed by atoms with E-state index in [9.17, 15) is 0 Å². The molecule has 0 saturated carbocycles. The van der Waals surface area contributed by atoms with Gasteiger partial charge < -0.3 is 41.7 Å². The predicted octanol–water partition coefficient (Wildman–Crippen LogP) is 3.51. The summed E-state index contributed by atoms with van der Waals surface area (Å²) in [6.07, 6.45) is 2.11. The third kappa shape index (κ3) is 9.34. The van der Waals surface area contributed by atoms with E-state index in [0.717, 1.165) is 22.8 Å². The van der Waals surface area contributed by atoms with Crippen LogP contribution in [0.5, 0.6) is 0 Å². The largest absolute Gasteiger partial charge is 3.00 e. The van der Waals surface area contributed by atoms with Gasteiger partial charge in [0, 0.05) is 5.71 Å². The van der Waals surface area contributed by atoms with E-state index in [0.29, 0.717) is 23.7 Å². The number of aliphatic imine (C=N–C) groups is 1. The quantitative estimate of drug-likeness (QED) is 0.250. The van der Waals surface area contributed by atoms with Crippen molar-refractivity contribution >= 4 is 34.4 Å². The number of hydrogen-bond donors (Lipinski definition) is 0. The Morgan fingerprint density at radius 2 is 1.06 bits per heavy atom. The summed E-state index contributed by atoms with van der Waals surface area (Å²) in [6.45, 7) is 22.1. The fourth-order valence-corrected chi connectivity index (χ4v) is 4.00. The zero-order valence-corrected chi connectivity index (χ0v) is 26.6. The molecule has 0 fully saturated rings. The Bertz CT molecular complexity index is 910. The maximum Gasteiger partial charge on any atom is 3.00 e. The van der Waals surface area contributed by atoms with Gasteiger partial charge in [0.05, 0.1) is 5.69 Å². The summed E-state index contributed by atoms with van der Waals surface area (Å²) in [7, 11) is 0. The van der Waals surface area contributed by atoms with Crippen LogP contribution in [0.25, 0.3) is 5.32 Å². The summed E-state index contributed by atoms with van der Waals surface area (Å²) in [5, 5.41) is 5.08. The number of nitrogens with zero attached hydrogens (tertiary/aromatic N) is 2. The maximum absolute atomic E-state index is 5.08. The third-order valence-electron chi connectivity index (χ3n) is 5.68. The molecular weight excluding hydrogens is 566 g/mol. The van der Waals surface area contributed by atoms with E-state index in [1.54, 1.807) is 0 Å². The van der Waals surface area contributed by atoms with Crippen molar-refractivity contribution in [3.63, 3.8) is 0 Å². The molecule has 0 atom stereocenters. The topological polar surface area (TPSA) is 26.5 Å². The zero-order chi connectivity index (χ0) is 23.3. The first kappa shape index (κ1) is 35.4. The normalized spacial score (nSPS) is 11.9. The van der Waals surface area contributed by atoms with Crippen molar-refractivity contribution in [2.45, 2.75) is 92.9 Å². The fraction of sp³-hybridized carbons (Fsp3) is 0.483. The van der Waals surface area contributed by atoms with Gasteiger partial charge in [-0.3, -0.25) is 4.99 Å². The molecule has 0 bridgehead atoms. The van der Waals surface area contributed by atoms with Gasteiger partial charge in [0.1, 0.15) is 0 Å². The monoisotopic (exact) mass is 606 g/mol. The number of hydrogen-bond acceptors (Lipinski definition) is 1. The van der Waals surface area contributed by atoms with Gasteiger partial charge in [0.15, 0.2) is 0 Å². The van der Waals surface area contributed by atoms with E-state index < -0.39 is 0 Å². The molecule has 0 aromatic heterocycles. The van der Waals surface area contributed by atoms with E-state index in [4.69, 9.17) is 10.3 Å². The molecule has 2 nitrogen and oxygen atoms in total. The average molecular weight is 607 g/mol. The SMILES string of the molecule is CC(/C=C(/C)[N-]c1c(C(C)C)cccc1C(C)C)=Nc1c(C(C)C)cccc1C(C)C.[Al+3].[Cl-].[I-]. The molecule has 0 N–H and O–H groups in total. The van der Waals surface area contributed by atoms with Crippen molar-refractivity contribution in [3.8, 4) is 0 Å². The second kappa shape index (κ2) is 16.0. The van der Waals surface area contributed by atoms with Crippen LogP contribution < -0.4 is 36.4 Å². The number of allylic oxidation sites excluding steroid dienone is 2. The molecule has 2 aromatic carbocycles. The van der Waals surface area contributed by atoms with Crippen molar-refractivity contribution in [1.82, 2.24) is 0 Å². The molecule has 0 radical (unpaired) electrons. The second-order valence-corrected chi connectivity index (χ2v) is 9.84. The van der Waals surface area contributed by atoms with Gasteiger partial charge in [0.25, 0.3) is 0 Å². The van der Waals surface area contributed by atoms with Crippen molar-refractivity contribution < 1.29 is 36.4 Å². The Morgan fingerprint density at radius 3 is 1.41 bits per heavy atom. The number of halogens is 2. The Hall–Kier alpha value is -0.798. The van der Waals surface area contributed by atoms with Crippen LogP contribution in [0, 0.1) is 0 Å². The van der Waals surface area contributed by atoms with Crippen LogP contribution >= 0.6 is 0 Å². The molecule has 0 saturated heterocycles. The van der Waals surface area contributed by atoms with Crippen LogP contribution in [0.15, 0.2) is 53.2 Å². The Kier molecular flexibility index (Phi) is 16.7. The first-order valence-electron chi connectivity index (χ1n) is 11.7. The molecule has 0 unspecified atom stereocenters. The van der Waals surface area contributed by atoms with Gasteiger partial charge in [-0.05, 0) is 41.7 Å². The van der Waals surface area contributed by atoms with Gasteiger partial charge in [-0.2, -0.15) is 5.70 Å². The Morgan fingerprint density at radius 1 is 0.706 bits per heavy atom. The van der Waals surface area contributed by atoms with E-state index >= 15 is 0 Å². The van der Waals surface area contributed by atoms with Crippen molar-refractivity contribution in [2.24, 2.45) is 4.99 Å². The Labute approximate surface area is 243 Å². The van der Waals surface area contributed by atoms with Gasteiger partial charge in [0.2, 0.25) is 0 Å². The minimum Gasteiger partial charge on any atom is -1.00 e. The molecular formula is C29H41AlClIN2.